The number of aromatic amines is 1. The van der Waals surface area contributed by atoms with Gasteiger partial charge in [-0.05, 0) is 29.8 Å². The van der Waals surface area contributed by atoms with Gasteiger partial charge >= 0.3 is 0 Å². The van der Waals surface area contributed by atoms with Gasteiger partial charge < -0.3 is 25.7 Å². The molecule has 7 N–H and O–H groups in total. The van der Waals surface area contributed by atoms with Crippen molar-refractivity contribution in [2.45, 2.75) is 22.8 Å². The predicted octanol–water partition coefficient (Wildman–Crippen LogP) is -1.60. The minimum Gasteiger partial charge on any atom is -0.550 e. The standard InChI is InChI=1S/C19H21N9O5S3.C2H4O2/c20-19-24-16-12(2-1-3-13(16)34-19)11-4-5-14(36(31,32)23-9-10-8-22-6-7-33-10)17(35(21,29)30)15(11)18-25-27-28-26-18;1-2(3)4/h1-5,10,22-23H,6-9H2,(H2,20,24)(H2,21,29,30)(H,25,26,27,28);1H3,(H,3,4)/p-1. The van der Waals surface area contributed by atoms with Gasteiger partial charge in [0.2, 0.25) is 25.9 Å². The minimum atomic E-state index is -4.62. The lowest BCUT2D eigenvalue weighted by molar-refractivity contribution is -0.302. The molecule has 19 heteroatoms. The fourth-order valence-corrected chi connectivity index (χ4v) is 7.41. The van der Waals surface area contributed by atoms with Gasteiger partial charge in [0.15, 0.2) is 5.13 Å². The van der Waals surface area contributed by atoms with Crippen molar-refractivity contribution >= 4 is 52.7 Å². The zero-order valence-corrected chi connectivity index (χ0v) is 23.3. The first-order valence-corrected chi connectivity index (χ1v) is 15.3. The maximum Gasteiger partial charge on any atom is 0.242 e. The lowest BCUT2D eigenvalue weighted by Crippen LogP contribution is -2.45. The number of carboxylic acids is 1. The highest BCUT2D eigenvalue weighted by Crippen LogP contribution is 2.41. The van der Waals surface area contributed by atoms with Gasteiger partial charge in [0.1, 0.15) is 9.79 Å². The molecule has 1 saturated heterocycles. The van der Waals surface area contributed by atoms with Gasteiger partial charge in [-0.25, -0.2) is 31.7 Å². The van der Waals surface area contributed by atoms with E-state index in [1.807, 2.05) is 6.07 Å². The first-order valence-electron chi connectivity index (χ1n) is 11.5. The summed E-state index contributed by atoms with van der Waals surface area (Å²) >= 11 is 1.25. The minimum absolute atomic E-state index is 0.0733. The summed E-state index contributed by atoms with van der Waals surface area (Å²) in [6.45, 7) is 2.43. The Kier molecular flexibility index (Phi) is 8.73. The number of nitrogens with zero attached hydrogens (tertiary/aromatic N) is 4. The number of nitrogens with one attached hydrogen (secondary N) is 3. The summed E-state index contributed by atoms with van der Waals surface area (Å²) in [7, 11) is -8.98. The molecule has 1 aliphatic heterocycles. The number of hydrogen-bond donors (Lipinski definition) is 5. The zero-order valence-electron chi connectivity index (χ0n) is 20.8. The fraction of sp³-hybridized carbons (Fsp3) is 0.286. The number of benzene rings is 2. The predicted molar refractivity (Wildman–Crippen MR) is 142 cm³/mol. The third kappa shape index (κ3) is 6.58. The molecule has 0 spiro atoms. The molecule has 16 nitrogen and oxygen atoms in total. The van der Waals surface area contributed by atoms with Gasteiger partial charge in [-0.15, -0.1) is 10.2 Å². The number of carbonyl (C=O) groups excluding carboxylic acids is 1. The maximum atomic E-state index is 13.3. The number of sulfonamides is 2. The number of hydrogen-bond acceptors (Lipinski definition) is 14. The molecule has 5 rings (SSSR count). The van der Waals surface area contributed by atoms with Crippen LogP contribution in [-0.4, -0.2) is 80.8 Å². The molecule has 1 unspecified atom stereocenters. The molecule has 214 valence electrons. The van der Waals surface area contributed by atoms with E-state index in [-0.39, 0.29) is 23.5 Å². The van der Waals surface area contributed by atoms with Crippen molar-refractivity contribution in [3.8, 4) is 22.5 Å². The molecular formula is C21H24N9O7S3-. The Bertz CT molecular complexity index is 1730. The Morgan fingerprint density at radius 2 is 1.98 bits per heavy atom. The Labute approximate surface area is 232 Å². The number of H-pyrrole nitrogens is 1. The van der Waals surface area contributed by atoms with Gasteiger partial charge in [-0.1, -0.05) is 29.5 Å². The summed E-state index contributed by atoms with van der Waals surface area (Å²) in [5.74, 6) is -1.24. The Hall–Kier alpha value is -3.59. The molecule has 3 heterocycles. The lowest BCUT2D eigenvalue weighted by Gasteiger charge is -2.24. The average molecular weight is 611 g/mol. The van der Waals surface area contributed by atoms with Crippen LogP contribution in [0.1, 0.15) is 6.92 Å². The van der Waals surface area contributed by atoms with Gasteiger partial charge in [0.25, 0.3) is 0 Å². The number of tetrazole rings is 1. The maximum absolute atomic E-state index is 13.3. The second-order valence-electron chi connectivity index (χ2n) is 8.34. The molecule has 1 aliphatic rings. The normalized spacial score (nSPS) is 15.9. The monoisotopic (exact) mass is 610 g/mol. The summed E-state index contributed by atoms with van der Waals surface area (Å²) in [5.41, 5.74) is 7.04. The number of anilines is 1. The average Bonchev–Trinajstić information content (AvgIpc) is 3.55. The van der Waals surface area contributed by atoms with Crippen LogP contribution in [0.2, 0.25) is 0 Å². The molecule has 1 fully saturated rings. The van der Waals surface area contributed by atoms with Crippen molar-refractivity contribution in [2.75, 3.05) is 32.0 Å². The van der Waals surface area contributed by atoms with Gasteiger partial charge in [-0.3, -0.25) is 0 Å². The quantitative estimate of drug-likeness (QED) is 0.158. The van der Waals surface area contributed by atoms with Crippen LogP contribution in [-0.2, 0) is 29.6 Å². The van der Waals surface area contributed by atoms with E-state index in [2.05, 4.69) is 35.6 Å². The molecule has 0 aliphatic carbocycles. The second-order valence-corrected chi connectivity index (χ2v) is 12.6. The number of ether oxygens (including phenoxy) is 1. The van der Waals surface area contributed by atoms with Crippen molar-refractivity contribution in [2.24, 2.45) is 5.14 Å². The Balaban J connectivity index is 0.000000867. The highest BCUT2D eigenvalue weighted by molar-refractivity contribution is 7.92. The summed E-state index contributed by atoms with van der Waals surface area (Å²) in [6.07, 6.45) is -0.421. The SMILES string of the molecule is CC(=O)[O-].Nc1nc2c(-c3ccc(S(=O)(=O)NCC4CNCCO4)c(S(N)(=O)=O)c3-c3nn[nH]n3)cccc2s1. The van der Waals surface area contributed by atoms with E-state index in [9.17, 15) is 16.8 Å². The molecule has 0 radical (unpaired) electrons. The van der Waals surface area contributed by atoms with Crippen molar-refractivity contribution in [3.05, 3.63) is 30.3 Å². The fourth-order valence-electron chi connectivity index (χ4n) is 3.99. The number of morpholine rings is 1. The van der Waals surface area contributed by atoms with E-state index in [4.69, 9.17) is 25.5 Å². The molecule has 1 atom stereocenters. The molecule has 0 saturated carbocycles. The van der Waals surface area contributed by atoms with E-state index in [0.29, 0.717) is 35.9 Å². The van der Waals surface area contributed by atoms with E-state index in [1.54, 1.807) is 12.1 Å². The largest absolute Gasteiger partial charge is 0.550 e. The van der Waals surface area contributed by atoms with Crippen LogP contribution in [0.25, 0.3) is 32.7 Å². The van der Waals surface area contributed by atoms with E-state index >= 15 is 0 Å². The molecule has 0 bridgehead atoms. The van der Waals surface area contributed by atoms with Crippen molar-refractivity contribution in [3.63, 3.8) is 0 Å². The smallest absolute Gasteiger partial charge is 0.242 e. The Morgan fingerprint density at radius 3 is 2.60 bits per heavy atom. The molecule has 2 aromatic heterocycles. The molecular weight excluding hydrogens is 586 g/mol. The Morgan fingerprint density at radius 1 is 1.23 bits per heavy atom. The van der Waals surface area contributed by atoms with E-state index in [0.717, 1.165) is 11.6 Å². The van der Waals surface area contributed by atoms with Crippen LogP contribution in [0.5, 0.6) is 0 Å². The molecule has 2 aromatic carbocycles. The van der Waals surface area contributed by atoms with E-state index < -0.39 is 41.9 Å². The number of fused-ring (bicyclic) bond motifs is 1. The number of nitrogens with two attached hydrogens (primary N) is 2. The molecule has 0 amide bonds. The zero-order chi connectivity index (χ0) is 29.1. The van der Waals surface area contributed by atoms with Crippen LogP contribution >= 0.6 is 11.3 Å². The van der Waals surface area contributed by atoms with Crippen molar-refractivity contribution < 1.29 is 31.5 Å². The van der Waals surface area contributed by atoms with Crippen LogP contribution < -0.4 is 26.0 Å². The third-order valence-electron chi connectivity index (χ3n) is 5.50. The number of aromatic nitrogens is 5. The molecule has 40 heavy (non-hydrogen) atoms. The number of aliphatic carboxylic acids is 1. The number of carboxylic acid groups (broad SMARTS) is 1. The summed E-state index contributed by atoms with van der Waals surface area (Å²) in [5, 5.41) is 31.5. The number of nitrogen functional groups attached to an aromatic ring is 1. The van der Waals surface area contributed by atoms with Crippen LogP contribution in [0.4, 0.5) is 5.13 Å². The first kappa shape index (κ1) is 29.4. The van der Waals surface area contributed by atoms with Crippen molar-refractivity contribution in [1.29, 1.82) is 0 Å². The highest BCUT2D eigenvalue weighted by Gasteiger charge is 2.33. The van der Waals surface area contributed by atoms with Crippen LogP contribution in [0.3, 0.4) is 0 Å². The van der Waals surface area contributed by atoms with Crippen molar-refractivity contribution in [1.82, 2.24) is 35.6 Å². The summed E-state index contributed by atoms with van der Waals surface area (Å²) < 4.78 is 61.2. The van der Waals surface area contributed by atoms with Crippen LogP contribution in [0.15, 0.2) is 40.1 Å². The topological polar surface area (TPSA) is 261 Å². The van der Waals surface area contributed by atoms with Gasteiger partial charge in [0, 0.05) is 31.2 Å². The van der Waals surface area contributed by atoms with Gasteiger partial charge in [0.05, 0.1) is 28.5 Å². The summed E-state index contributed by atoms with van der Waals surface area (Å²) in [6, 6.07) is 7.89. The number of thiazole rings is 1. The summed E-state index contributed by atoms with van der Waals surface area (Å²) in [4.78, 5) is 12.0. The number of rotatable bonds is 7. The lowest BCUT2D eigenvalue weighted by atomic mass is 9.98. The number of para-hydroxylation sites is 1. The molecule has 4 aromatic rings. The van der Waals surface area contributed by atoms with Crippen LogP contribution in [0, 0.1) is 0 Å². The highest BCUT2D eigenvalue weighted by atomic mass is 32.2. The second kappa shape index (κ2) is 11.9. The van der Waals surface area contributed by atoms with Gasteiger partial charge in [-0.2, -0.15) is 5.21 Å². The van der Waals surface area contributed by atoms with E-state index in [1.165, 1.54) is 23.5 Å². The third-order valence-corrected chi connectivity index (χ3v) is 8.93. The number of primary sulfonamides is 1. The first-order chi connectivity index (χ1) is 18.9. The number of carbonyl (C=O) groups is 1.